The topological polar surface area (TPSA) is 91.8 Å². The Kier molecular flexibility index (Phi) is 4.49. The Morgan fingerprint density at radius 3 is 2.25 bits per heavy atom. The van der Waals surface area contributed by atoms with E-state index in [1.807, 2.05) is 0 Å². The molecule has 0 bridgehead atoms. The zero-order valence-electron chi connectivity index (χ0n) is 12.2. The molecule has 1 fully saturated rings. The van der Waals surface area contributed by atoms with Crippen LogP contribution >= 0.6 is 0 Å². The summed E-state index contributed by atoms with van der Waals surface area (Å²) >= 11 is 0. The lowest BCUT2D eigenvalue weighted by molar-refractivity contribution is -0.0437. The molecule has 0 radical (unpaired) electrons. The van der Waals surface area contributed by atoms with Gasteiger partial charge in [0.25, 0.3) is 9.84 Å². The van der Waals surface area contributed by atoms with Gasteiger partial charge in [0.2, 0.25) is 10.0 Å². The van der Waals surface area contributed by atoms with Crippen LogP contribution in [-0.2, 0) is 19.9 Å². The number of hydrogen-bond donors (Lipinski definition) is 1. The molecule has 1 heterocycles. The second-order valence-electron chi connectivity index (χ2n) is 5.63. The first-order valence-corrected chi connectivity index (χ1v) is 9.44. The van der Waals surface area contributed by atoms with Gasteiger partial charge in [0, 0.05) is 13.1 Å². The minimum atomic E-state index is -6.04. The van der Waals surface area contributed by atoms with Gasteiger partial charge >= 0.3 is 5.51 Å². The van der Waals surface area contributed by atoms with Crippen LogP contribution in [0.25, 0.3) is 0 Å². The number of sulfonamides is 1. The number of nitrogens with zero attached hydrogens (tertiary/aromatic N) is 1. The average Bonchev–Trinajstić information content (AvgIpc) is 2.78. The first kappa shape index (κ1) is 19.1. The largest absolute Gasteiger partial charge is 0.502 e. The highest BCUT2D eigenvalue weighted by atomic mass is 32.2. The smallest absolute Gasteiger partial charge is 0.389 e. The van der Waals surface area contributed by atoms with E-state index in [2.05, 4.69) is 0 Å². The number of sulfone groups is 1. The number of β-amino-alcohol motifs (C(OH)–C–C–N with tert-alkyl or cyclic N) is 1. The molecule has 0 saturated carbocycles. The van der Waals surface area contributed by atoms with Crippen LogP contribution in [0, 0.1) is 5.82 Å². The quantitative estimate of drug-likeness (QED) is 0.784. The fourth-order valence-corrected chi connectivity index (χ4v) is 4.75. The number of halogens is 4. The van der Waals surface area contributed by atoms with Crippen molar-refractivity contribution in [1.82, 2.24) is 4.31 Å². The Bertz CT molecular complexity index is 862. The normalized spacial score (nSPS) is 23.6. The lowest BCUT2D eigenvalue weighted by atomic mass is 10.1. The van der Waals surface area contributed by atoms with Gasteiger partial charge in [0.05, 0.1) is 10.5 Å². The van der Waals surface area contributed by atoms with E-state index in [1.54, 1.807) is 0 Å². The fraction of sp³-hybridized carbons (Fsp3) is 0.500. The summed E-state index contributed by atoms with van der Waals surface area (Å²) in [5, 5.41) is 9.80. The van der Waals surface area contributed by atoms with E-state index < -0.39 is 46.6 Å². The second-order valence-corrected chi connectivity index (χ2v) is 9.47. The summed E-state index contributed by atoms with van der Waals surface area (Å²) < 4.78 is 99.6. The highest BCUT2D eigenvalue weighted by Crippen LogP contribution is 2.34. The summed E-state index contributed by atoms with van der Waals surface area (Å²) in [6.07, 6.45) is 0.0983. The third kappa shape index (κ3) is 3.27. The Balaban J connectivity index is 2.53. The molecule has 2 rings (SSSR count). The molecular formula is C12H13F4NO5S2. The number of alkyl halides is 3. The van der Waals surface area contributed by atoms with E-state index in [4.69, 9.17) is 0 Å². The van der Waals surface area contributed by atoms with Crippen LogP contribution in [0.3, 0.4) is 0 Å². The monoisotopic (exact) mass is 391 g/mol. The number of benzene rings is 1. The number of aliphatic hydroxyl groups is 1. The first-order chi connectivity index (χ1) is 10.7. The van der Waals surface area contributed by atoms with Crippen molar-refractivity contribution in [2.45, 2.75) is 34.2 Å². The van der Waals surface area contributed by atoms with Crippen molar-refractivity contribution in [2.24, 2.45) is 0 Å². The first-order valence-electron chi connectivity index (χ1n) is 6.52. The van der Waals surface area contributed by atoms with E-state index >= 15 is 0 Å². The summed E-state index contributed by atoms with van der Waals surface area (Å²) in [5.41, 5.74) is -7.08. The Labute approximate surface area is 135 Å². The Morgan fingerprint density at radius 1 is 1.21 bits per heavy atom. The molecule has 1 saturated heterocycles. The van der Waals surface area contributed by atoms with E-state index in [0.717, 1.165) is 4.31 Å². The number of hydrogen-bond acceptors (Lipinski definition) is 5. The maximum atomic E-state index is 13.6. The van der Waals surface area contributed by atoms with Crippen LogP contribution in [0.5, 0.6) is 0 Å². The lowest BCUT2D eigenvalue weighted by Crippen LogP contribution is -2.34. The van der Waals surface area contributed by atoms with Gasteiger partial charge in [-0.05, 0) is 31.5 Å². The summed E-state index contributed by atoms with van der Waals surface area (Å²) in [4.78, 5) is -2.56. The van der Waals surface area contributed by atoms with E-state index in [9.17, 15) is 39.5 Å². The van der Waals surface area contributed by atoms with Crippen molar-refractivity contribution in [1.29, 1.82) is 0 Å². The summed E-state index contributed by atoms with van der Waals surface area (Å²) in [7, 11) is -10.4. The molecule has 24 heavy (non-hydrogen) atoms. The van der Waals surface area contributed by atoms with Crippen LogP contribution in [-0.4, -0.2) is 50.4 Å². The Hall–Kier alpha value is -1.24. The molecule has 0 amide bonds. The molecule has 0 spiro atoms. The highest BCUT2D eigenvalue weighted by molar-refractivity contribution is 7.92. The molecule has 1 aromatic carbocycles. The predicted octanol–water partition coefficient (Wildman–Crippen LogP) is 1.26. The third-order valence-electron chi connectivity index (χ3n) is 3.55. The third-order valence-corrected chi connectivity index (χ3v) is 6.89. The van der Waals surface area contributed by atoms with Gasteiger partial charge in [0.15, 0.2) is 0 Å². The molecule has 1 unspecified atom stereocenters. The summed E-state index contributed by atoms with van der Waals surface area (Å²) in [6.45, 7) is 0.967. The van der Waals surface area contributed by atoms with Gasteiger partial charge in [-0.25, -0.2) is 21.2 Å². The highest BCUT2D eigenvalue weighted by Gasteiger charge is 2.49. The molecule has 12 heteroatoms. The van der Waals surface area contributed by atoms with E-state index in [0.29, 0.717) is 12.1 Å². The van der Waals surface area contributed by atoms with Gasteiger partial charge in [-0.3, -0.25) is 0 Å². The molecule has 1 atom stereocenters. The van der Waals surface area contributed by atoms with Crippen molar-refractivity contribution in [2.75, 3.05) is 13.1 Å². The molecule has 6 nitrogen and oxygen atoms in total. The van der Waals surface area contributed by atoms with Gasteiger partial charge in [-0.2, -0.15) is 17.5 Å². The van der Waals surface area contributed by atoms with E-state index in [-0.39, 0.29) is 25.6 Å². The maximum Gasteiger partial charge on any atom is 0.502 e. The van der Waals surface area contributed by atoms with Crippen LogP contribution < -0.4 is 0 Å². The van der Waals surface area contributed by atoms with Crippen LogP contribution in [0.4, 0.5) is 17.6 Å². The maximum absolute atomic E-state index is 13.6. The minimum Gasteiger partial charge on any atom is -0.389 e. The van der Waals surface area contributed by atoms with Crippen LogP contribution in [0.15, 0.2) is 28.0 Å². The Morgan fingerprint density at radius 2 is 1.79 bits per heavy atom. The van der Waals surface area contributed by atoms with E-state index in [1.165, 1.54) is 6.92 Å². The van der Waals surface area contributed by atoms with Gasteiger partial charge in [-0.1, -0.05) is 0 Å². The van der Waals surface area contributed by atoms with Gasteiger partial charge in [0.1, 0.15) is 10.7 Å². The second kappa shape index (κ2) is 5.64. The van der Waals surface area contributed by atoms with Crippen molar-refractivity contribution < 1.29 is 39.5 Å². The molecule has 1 aromatic rings. The zero-order chi connectivity index (χ0) is 18.6. The van der Waals surface area contributed by atoms with Crippen molar-refractivity contribution in [3.05, 3.63) is 24.0 Å². The SMILES string of the molecule is CC1(O)CCN(S(=O)(=O)c2ccc(F)c(S(=O)(=O)C(F)(F)F)c2)C1. The zero-order valence-corrected chi connectivity index (χ0v) is 13.8. The van der Waals surface area contributed by atoms with Crippen LogP contribution in [0.1, 0.15) is 13.3 Å². The fourth-order valence-electron chi connectivity index (χ4n) is 2.23. The average molecular weight is 391 g/mol. The summed E-state index contributed by atoms with van der Waals surface area (Å²) in [6, 6.07) is 1.16. The molecule has 136 valence electrons. The van der Waals surface area contributed by atoms with Crippen molar-refractivity contribution >= 4 is 19.9 Å². The molecular weight excluding hydrogens is 378 g/mol. The molecule has 0 aromatic heterocycles. The van der Waals surface area contributed by atoms with Crippen LogP contribution in [0.2, 0.25) is 0 Å². The predicted molar refractivity (Wildman–Crippen MR) is 73.6 cm³/mol. The molecule has 1 aliphatic heterocycles. The molecule has 0 aliphatic carbocycles. The molecule has 1 N–H and O–H groups in total. The van der Waals surface area contributed by atoms with Gasteiger partial charge < -0.3 is 5.11 Å². The van der Waals surface area contributed by atoms with Crippen molar-refractivity contribution in [3.8, 4) is 0 Å². The standard InChI is InChI=1S/C12H13F4NO5S2/c1-11(18)4-5-17(7-11)24(21,22)8-2-3-9(13)10(6-8)23(19,20)12(14,15)16/h2-3,6,18H,4-5,7H2,1H3. The molecule has 1 aliphatic rings. The summed E-state index contributed by atoms with van der Waals surface area (Å²) in [5.74, 6) is -1.71. The van der Waals surface area contributed by atoms with Crippen molar-refractivity contribution in [3.63, 3.8) is 0 Å². The van der Waals surface area contributed by atoms with Gasteiger partial charge in [-0.15, -0.1) is 0 Å². The minimum absolute atomic E-state index is 0.0983. The number of rotatable bonds is 3. The lowest BCUT2D eigenvalue weighted by Gasteiger charge is -2.19.